The van der Waals surface area contributed by atoms with Crippen LogP contribution in [0.3, 0.4) is 0 Å². The largest absolute Gasteiger partial charge is 0.150 e. The second kappa shape index (κ2) is 6.99. The molecule has 0 aromatic heterocycles. The maximum atomic E-state index is 4.42. The van der Waals surface area contributed by atoms with Crippen molar-refractivity contribution in [2.45, 2.75) is 0 Å². The van der Waals surface area contributed by atoms with E-state index in [9.17, 15) is 0 Å². The molecule has 0 bridgehead atoms. The van der Waals surface area contributed by atoms with Gasteiger partial charge in [-0.1, -0.05) is 80.4 Å². The van der Waals surface area contributed by atoms with E-state index in [0.29, 0.717) is 0 Å². The van der Waals surface area contributed by atoms with Gasteiger partial charge in [-0.25, -0.2) is 0 Å². The lowest BCUT2D eigenvalue weighted by atomic mass is 10.0. The molecule has 0 saturated heterocycles. The molecule has 0 aliphatic carbocycles. The summed E-state index contributed by atoms with van der Waals surface area (Å²) >= 11 is 6.92. The summed E-state index contributed by atoms with van der Waals surface area (Å²) in [6, 6.07) is 24.0. The van der Waals surface area contributed by atoms with Crippen molar-refractivity contribution < 1.29 is 0 Å². The highest BCUT2D eigenvalue weighted by atomic mass is 79.9. The fraction of sp³-hybridized carbons (Fsp3) is 0. The van der Waals surface area contributed by atoms with Crippen LogP contribution in [0, 0.1) is 0 Å². The van der Waals surface area contributed by atoms with Crippen molar-refractivity contribution in [3.63, 3.8) is 0 Å². The number of hydrogen-bond donors (Lipinski definition) is 0. The lowest BCUT2D eigenvalue weighted by molar-refractivity contribution is 1.23. The monoisotopic (exact) mass is 414 g/mol. The quantitative estimate of drug-likeness (QED) is 0.401. The predicted octanol–water partition coefficient (Wildman–Crippen LogP) is 7.29. The van der Waals surface area contributed by atoms with E-state index < -0.39 is 0 Å². The summed E-state index contributed by atoms with van der Waals surface area (Å²) in [5.74, 6) is 0. The van der Waals surface area contributed by atoms with Crippen LogP contribution in [-0.2, 0) is 0 Å². The van der Waals surface area contributed by atoms with E-state index in [1.165, 1.54) is 0 Å². The highest BCUT2D eigenvalue weighted by Crippen LogP contribution is 2.32. The minimum Gasteiger partial charge on any atom is -0.150 e. The average Bonchev–Trinajstić information content (AvgIpc) is 2.53. The van der Waals surface area contributed by atoms with E-state index in [1.54, 1.807) is 0 Å². The van der Waals surface area contributed by atoms with Crippen LogP contribution >= 0.6 is 31.9 Å². The first-order chi connectivity index (χ1) is 10.7. The van der Waals surface area contributed by atoms with Crippen LogP contribution in [0.25, 0.3) is 11.1 Å². The van der Waals surface area contributed by atoms with E-state index >= 15 is 0 Å². The van der Waals surface area contributed by atoms with Crippen molar-refractivity contribution in [2.24, 2.45) is 10.2 Å². The molecule has 0 heterocycles. The molecule has 0 spiro atoms. The molecule has 0 amide bonds. The molecule has 0 fully saturated rings. The first-order valence-corrected chi connectivity index (χ1v) is 8.33. The Bertz CT molecular complexity index is 794. The molecule has 3 aromatic rings. The molecule has 22 heavy (non-hydrogen) atoms. The average molecular weight is 416 g/mol. The van der Waals surface area contributed by atoms with Gasteiger partial charge in [-0.3, -0.25) is 0 Å². The van der Waals surface area contributed by atoms with E-state index in [1.807, 2.05) is 54.6 Å². The Morgan fingerprint density at radius 3 is 2.00 bits per heavy atom. The van der Waals surface area contributed by atoms with Crippen molar-refractivity contribution in [2.75, 3.05) is 0 Å². The van der Waals surface area contributed by atoms with Crippen LogP contribution < -0.4 is 0 Å². The number of azo groups is 1. The molecule has 3 rings (SSSR count). The van der Waals surface area contributed by atoms with E-state index in [2.05, 4.69) is 60.3 Å². The Morgan fingerprint density at radius 2 is 1.27 bits per heavy atom. The summed E-state index contributed by atoms with van der Waals surface area (Å²) in [5.41, 5.74) is 3.85. The maximum Gasteiger partial charge on any atom is 0.0935 e. The van der Waals surface area contributed by atoms with Crippen LogP contribution in [0.2, 0.25) is 0 Å². The van der Waals surface area contributed by atoms with Gasteiger partial charge in [0.1, 0.15) is 0 Å². The summed E-state index contributed by atoms with van der Waals surface area (Å²) in [6.45, 7) is 0. The number of halogens is 2. The summed E-state index contributed by atoms with van der Waals surface area (Å²) in [6.07, 6.45) is 0. The lowest BCUT2D eigenvalue weighted by Crippen LogP contribution is -1.77. The molecule has 4 heteroatoms. The van der Waals surface area contributed by atoms with Crippen LogP contribution in [-0.4, -0.2) is 0 Å². The van der Waals surface area contributed by atoms with Crippen molar-refractivity contribution >= 4 is 43.2 Å². The van der Waals surface area contributed by atoms with Crippen molar-refractivity contribution in [1.82, 2.24) is 0 Å². The molecule has 0 saturated carbocycles. The highest BCUT2D eigenvalue weighted by molar-refractivity contribution is 9.11. The molecular formula is C18H12Br2N2. The first-order valence-electron chi connectivity index (χ1n) is 6.75. The van der Waals surface area contributed by atoms with Crippen molar-refractivity contribution in [1.29, 1.82) is 0 Å². The summed E-state index contributed by atoms with van der Waals surface area (Å²) < 4.78 is 1.93. The van der Waals surface area contributed by atoms with Crippen molar-refractivity contribution in [3.05, 3.63) is 81.7 Å². The third kappa shape index (κ3) is 3.70. The molecule has 0 N–H and O–H groups in total. The smallest absolute Gasteiger partial charge is 0.0935 e. The van der Waals surface area contributed by atoms with E-state index in [-0.39, 0.29) is 0 Å². The predicted molar refractivity (Wildman–Crippen MR) is 97.9 cm³/mol. The van der Waals surface area contributed by atoms with Gasteiger partial charge in [0.05, 0.1) is 11.4 Å². The molecule has 0 atom stereocenters. The zero-order chi connectivity index (χ0) is 15.4. The zero-order valence-electron chi connectivity index (χ0n) is 11.6. The van der Waals surface area contributed by atoms with Crippen LogP contribution in [0.5, 0.6) is 0 Å². The van der Waals surface area contributed by atoms with Gasteiger partial charge in [-0.2, -0.15) is 5.11 Å². The number of benzene rings is 3. The second-order valence-electron chi connectivity index (χ2n) is 4.71. The van der Waals surface area contributed by atoms with Gasteiger partial charge in [0.25, 0.3) is 0 Å². The SMILES string of the molecule is Brc1cc(Br)cc(N=Nc2ccccc2-c2ccccc2)c1. The number of hydrogen-bond acceptors (Lipinski definition) is 2. The molecule has 2 nitrogen and oxygen atoms in total. The topological polar surface area (TPSA) is 24.7 Å². The molecule has 0 unspecified atom stereocenters. The lowest BCUT2D eigenvalue weighted by Gasteiger charge is -2.04. The molecule has 108 valence electrons. The third-order valence-electron chi connectivity index (χ3n) is 3.11. The number of rotatable bonds is 3. The van der Waals surface area contributed by atoms with Gasteiger partial charge in [0.2, 0.25) is 0 Å². The normalized spacial score (nSPS) is 11.0. The molecule has 0 aliphatic heterocycles. The zero-order valence-corrected chi connectivity index (χ0v) is 14.8. The molecular weight excluding hydrogens is 404 g/mol. The van der Waals surface area contributed by atoms with Gasteiger partial charge in [-0.15, -0.1) is 5.11 Å². The minimum absolute atomic E-state index is 0.795. The summed E-state index contributed by atoms with van der Waals surface area (Å²) in [4.78, 5) is 0. The fourth-order valence-corrected chi connectivity index (χ4v) is 3.40. The number of nitrogens with zero attached hydrogens (tertiary/aromatic N) is 2. The Balaban J connectivity index is 1.98. The van der Waals surface area contributed by atoms with Gasteiger partial charge < -0.3 is 0 Å². The Morgan fingerprint density at radius 1 is 0.636 bits per heavy atom. The van der Waals surface area contributed by atoms with Gasteiger partial charge in [0.15, 0.2) is 0 Å². The van der Waals surface area contributed by atoms with Crippen LogP contribution in [0.15, 0.2) is 92.0 Å². The fourth-order valence-electron chi connectivity index (χ4n) is 2.13. The Kier molecular flexibility index (Phi) is 4.80. The van der Waals surface area contributed by atoms with Gasteiger partial charge in [0, 0.05) is 14.5 Å². The standard InChI is InChI=1S/C18H12Br2N2/c19-14-10-15(20)12-16(11-14)21-22-18-9-5-4-8-17(18)13-6-2-1-3-7-13/h1-12H. The Hall–Kier alpha value is -1.78. The third-order valence-corrected chi connectivity index (χ3v) is 4.03. The first kappa shape index (κ1) is 15.1. The van der Waals surface area contributed by atoms with E-state index in [4.69, 9.17) is 0 Å². The van der Waals surface area contributed by atoms with Crippen molar-refractivity contribution in [3.8, 4) is 11.1 Å². The minimum atomic E-state index is 0.795. The Labute approximate surface area is 146 Å². The van der Waals surface area contributed by atoms with Crippen LogP contribution in [0.4, 0.5) is 11.4 Å². The molecule has 0 radical (unpaired) electrons. The second-order valence-corrected chi connectivity index (χ2v) is 6.54. The van der Waals surface area contributed by atoms with Gasteiger partial charge in [-0.05, 0) is 29.8 Å². The summed E-state index contributed by atoms with van der Waals surface area (Å²) in [7, 11) is 0. The van der Waals surface area contributed by atoms with Gasteiger partial charge >= 0.3 is 0 Å². The molecule has 0 aliphatic rings. The molecule has 3 aromatic carbocycles. The van der Waals surface area contributed by atoms with Crippen LogP contribution in [0.1, 0.15) is 0 Å². The maximum absolute atomic E-state index is 4.42. The summed E-state index contributed by atoms with van der Waals surface area (Å²) in [5, 5.41) is 8.77. The highest BCUT2D eigenvalue weighted by Gasteiger charge is 2.03. The van der Waals surface area contributed by atoms with E-state index in [0.717, 1.165) is 31.4 Å².